The Labute approximate surface area is 148 Å². The van der Waals surface area contributed by atoms with Gasteiger partial charge in [0.2, 0.25) is 0 Å². The van der Waals surface area contributed by atoms with E-state index in [-0.39, 0.29) is 0 Å². The van der Waals surface area contributed by atoms with Crippen LogP contribution in [0.5, 0.6) is 5.75 Å². The number of ether oxygens (including phenoxy) is 1. The minimum atomic E-state index is -0.459. The van der Waals surface area contributed by atoms with Gasteiger partial charge in [0.25, 0.3) is 0 Å². The molecule has 1 heterocycles. The maximum absolute atomic E-state index is 10.2. The molecule has 128 valence electrons. The van der Waals surface area contributed by atoms with Crippen molar-refractivity contribution in [2.24, 2.45) is 0 Å². The number of rotatable bonds is 6. The lowest BCUT2D eigenvalue weighted by atomic mass is 10.2. The predicted molar refractivity (Wildman–Crippen MR) is 97.2 cm³/mol. The molecule has 4 nitrogen and oxygen atoms in total. The summed E-state index contributed by atoms with van der Waals surface area (Å²) in [6.45, 7) is 5.14. The van der Waals surface area contributed by atoms with E-state index in [1.165, 1.54) is 10.6 Å². The normalized spacial score (nSPS) is 16.8. The van der Waals surface area contributed by atoms with Gasteiger partial charge in [-0.3, -0.25) is 0 Å². The lowest BCUT2D eigenvalue weighted by Gasteiger charge is -2.34. The molecule has 1 aliphatic rings. The van der Waals surface area contributed by atoms with E-state index in [9.17, 15) is 5.11 Å². The van der Waals surface area contributed by atoms with Crippen LogP contribution in [0.1, 0.15) is 0 Å². The number of anilines is 1. The molecule has 0 amide bonds. The fourth-order valence-corrected chi connectivity index (χ4v) is 3.17. The molecule has 0 unspecified atom stereocenters. The first-order valence-electron chi connectivity index (χ1n) is 8.41. The highest BCUT2D eigenvalue weighted by atomic mass is 35.5. The van der Waals surface area contributed by atoms with Crippen LogP contribution in [0, 0.1) is 0 Å². The molecule has 3 rings (SSSR count). The molecule has 1 atom stereocenters. The first kappa shape index (κ1) is 17.1. The Balaban J connectivity index is 1.40. The maximum atomic E-state index is 10.2. The fraction of sp³-hybridized carbons (Fsp3) is 0.368. The molecule has 2 aromatic rings. The quantitative estimate of drug-likeness (QED) is 0.831. The van der Waals surface area contributed by atoms with Crippen LogP contribution in [0.15, 0.2) is 54.6 Å². The molecular formula is C19H24ClN2O2+. The fourth-order valence-electron chi connectivity index (χ4n) is 3.04. The highest BCUT2D eigenvalue weighted by Gasteiger charge is 2.22. The summed E-state index contributed by atoms with van der Waals surface area (Å²) in [6, 6.07) is 17.7. The number of aliphatic hydroxyl groups is 1. The number of quaternary nitrogens is 1. The number of halogens is 1. The number of benzene rings is 2. The topological polar surface area (TPSA) is 37.1 Å². The second kappa shape index (κ2) is 8.38. The van der Waals surface area contributed by atoms with Crippen molar-refractivity contribution < 1.29 is 14.7 Å². The number of aliphatic hydroxyl groups excluding tert-OH is 1. The summed E-state index contributed by atoms with van der Waals surface area (Å²) >= 11 is 5.85. The van der Waals surface area contributed by atoms with E-state index in [4.69, 9.17) is 16.3 Å². The van der Waals surface area contributed by atoms with Gasteiger partial charge < -0.3 is 19.6 Å². The van der Waals surface area contributed by atoms with Gasteiger partial charge in [-0.25, -0.2) is 0 Å². The Bertz CT molecular complexity index is 613. The number of para-hydroxylation sites is 1. The average Bonchev–Trinajstić information content (AvgIpc) is 2.63. The van der Waals surface area contributed by atoms with Crippen molar-refractivity contribution >= 4 is 17.3 Å². The van der Waals surface area contributed by atoms with Crippen molar-refractivity contribution in [3.63, 3.8) is 0 Å². The molecule has 1 aliphatic heterocycles. The van der Waals surface area contributed by atoms with Crippen molar-refractivity contribution in [1.82, 2.24) is 0 Å². The minimum Gasteiger partial charge on any atom is -0.491 e. The standard InChI is InChI=1S/C19H23ClN2O2/c20-16-6-8-19(9-7-16)24-15-18(23)14-21-10-12-22(13-11-21)17-4-2-1-3-5-17/h1-9,18,23H,10-15H2/p+1/t18-/m1/s1. The lowest BCUT2D eigenvalue weighted by Crippen LogP contribution is -3.16. The molecule has 0 saturated carbocycles. The third-order valence-corrected chi connectivity index (χ3v) is 4.62. The summed E-state index contributed by atoms with van der Waals surface area (Å²) in [7, 11) is 0. The summed E-state index contributed by atoms with van der Waals surface area (Å²) in [5.74, 6) is 0.738. The van der Waals surface area contributed by atoms with E-state index in [0.29, 0.717) is 11.6 Å². The van der Waals surface area contributed by atoms with Gasteiger partial charge >= 0.3 is 0 Å². The Hall–Kier alpha value is -1.75. The van der Waals surface area contributed by atoms with E-state index in [2.05, 4.69) is 29.2 Å². The van der Waals surface area contributed by atoms with Gasteiger partial charge in [0.15, 0.2) is 0 Å². The van der Waals surface area contributed by atoms with Crippen molar-refractivity contribution in [3.8, 4) is 5.75 Å². The summed E-state index contributed by atoms with van der Waals surface area (Å²) < 4.78 is 5.62. The van der Waals surface area contributed by atoms with Crippen LogP contribution in [0.25, 0.3) is 0 Å². The number of hydrogen-bond donors (Lipinski definition) is 2. The molecule has 0 radical (unpaired) electrons. The number of nitrogens with zero attached hydrogens (tertiary/aromatic N) is 1. The van der Waals surface area contributed by atoms with Gasteiger partial charge in [-0.05, 0) is 36.4 Å². The molecule has 0 bridgehead atoms. The summed E-state index contributed by atoms with van der Waals surface area (Å²) in [5.41, 5.74) is 1.28. The number of nitrogens with one attached hydrogen (secondary N) is 1. The van der Waals surface area contributed by atoms with Crippen LogP contribution in [0.3, 0.4) is 0 Å². The zero-order chi connectivity index (χ0) is 16.8. The Morgan fingerprint density at radius 1 is 1.04 bits per heavy atom. The summed E-state index contributed by atoms with van der Waals surface area (Å²) in [6.07, 6.45) is -0.459. The van der Waals surface area contributed by atoms with Crippen LogP contribution in [-0.4, -0.2) is 50.5 Å². The Morgan fingerprint density at radius 2 is 1.71 bits per heavy atom. The van der Waals surface area contributed by atoms with E-state index in [1.54, 1.807) is 12.1 Å². The minimum absolute atomic E-state index is 0.313. The van der Waals surface area contributed by atoms with Crippen molar-refractivity contribution in [2.45, 2.75) is 6.10 Å². The zero-order valence-electron chi connectivity index (χ0n) is 13.7. The number of piperazine rings is 1. The second-order valence-electron chi connectivity index (χ2n) is 6.20. The van der Waals surface area contributed by atoms with Crippen molar-refractivity contribution in [2.75, 3.05) is 44.2 Å². The Kier molecular flexibility index (Phi) is 5.96. The SMILES string of the molecule is O[C@@H](COc1ccc(Cl)cc1)C[NH+]1CCN(c2ccccc2)CC1. The average molecular weight is 348 g/mol. The Morgan fingerprint density at radius 3 is 2.38 bits per heavy atom. The van der Waals surface area contributed by atoms with Crippen molar-refractivity contribution in [1.29, 1.82) is 0 Å². The molecule has 1 fully saturated rings. The van der Waals surface area contributed by atoms with Gasteiger partial charge in [-0.15, -0.1) is 0 Å². The van der Waals surface area contributed by atoms with E-state index in [1.807, 2.05) is 18.2 Å². The van der Waals surface area contributed by atoms with Gasteiger partial charge in [0.05, 0.1) is 26.2 Å². The molecule has 2 N–H and O–H groups in total. The molecule has 0 spiro atoms. The highest BCUT2D eigenvalue weighted by molar-refractivity contribution is 6.30. The third-order valence-electron chi connectivity index (χ3n) is 4.37. The van der Waals surface area contributed by atoms with Crippen molar-refractivity contribution in [3.05, 3.63) is 59.6 Å². The molecule has 2 aromatic carbocycles. The third kappa shape index (κ3) is 4.87. The molecule has 0 aliphatic carbocycles. The smallest absolute Gasteiger partial charge is 0.137 e. The zero-order valence-corrected chi connectivity index (χ0v) is 14.5. The second-order valence-corrected chi connectivity index (χ2v) is 6.63. The largest absolute Gasteiger partial charge is 0.491 e. The predicted octanol–water partition coefficient (Wildman–Crippen LogP) is 1.48. The van der Waals surface area contributed by atoms with Gasteiger partial charge in [-0.2, -0.15) is 0 Å². The molecule has 0 aromatic heterocycles. The first-order chi connectivity index (χ1) is 11.7. The molecular weight excluding hydrogens is 324 g/mol. The molecule has 1 saturated heterocycles. The first-order valence-corrected chi connectivity index (χ1v) is 8.78. The monoisotopic (exact) mass is 347 g/mol. The van der Waals surface area contributed by atoms with Crippen LogP contribution in [0.2, 0.25) is 5.02 Å². The van der Waals surface area contributed by atoms with Crippen LogP contribution < -0.4 is 14.5 Å². The molecule has 24 heavy (non-hydrogen) atoms. The van der Waals surface area contributed by atoms with E-state index < -0.39 is 6.10 Å². The highest BCUT2D eigenvalue weighted by Crippen LogP contribution is 2.15. The van der Waals surface area contributed by atoms with Crippen LogP contribution in [-0.2, 0) is 0 Å². The van der Waals surface area contributed by atoms with E-state index >= 15 is 0 Å². The van der Waals surface area contributed by atoms with Crippen LogP contribution >= 0.6 is 11.6 Å². The van der Waals surface area contributed by atoms with Crippen LogP contribution in [0.4, 0.5) is 5.69 Å². The lowest BCUT2D eigenvalue weighted by molar-refractivity contribution is -0.903. The van der Waals surface area contributed by atoms with E-state index in [0.717, 1.165) is 38.5 Å². The molecule has 5 heteroatoms. The van der Waals surface area contributed by atoms with Gasteiger partial charge in [0, 0.05) is 10.7 Å². The van der Waals surface area contributed by atoms with Gasteiger partial charge in [0.1, 0.15) is 25.0 Å². The van der Waals surface area contributed by atoms with Gasteiger partial charge in [-0.1, -0.05) is 29.8 Å². The number of hydrogen-bond acceptors (Lipinski definition) is 3. The summed E-state index contributed by atoms with van der Waals surface area (Å²) in [4.78, 5) is 3.83. The maximum Gasteiger partial charge on any atom is 0.137 e. The summed E-state index contributed by atoms with van der Waals surface area (Å²) in [5, 5.41) is 10.9.